The van der Waals surface area contributed by atoms with Crippen molar-refractivity contribution in [1.29, 1.82) is 0 Å². The summed E-state index contributed by atoms with van der Waals surface area (Å²) < 4.78 is 12.3. The van der Waals surface area contributed by atoms with Crippen molar-refractivity contribution >= 4 is 43.1 Å². The molecule has 0 saturated carbocycles. The number of ether oxygens (including phenoxy) is 1. The van der Waals surface area contributed by atoms with E-state index in [1.807, 2.05) is 43.3 Å². The molecule has 4 heterocycles. The van der Waals surface area contributed by atoms with E-state index in [2.05, 4.69) is 54.4 Å². The molecular formula is C37H44Cl2N6O3Si. The number of benzene rings is 2. The summed E-state index contributed by atoms with van der Waals surface area (Å²) in [6.07, 6.45) is 2.87. The van der Waals surface area contributed by atoms with Crippen LogP contribution in [0.1, 0.15) is 53.8 Å². The van der Waals surface area contributed by atoms with Gasteiger partial charge in [-0.3, -0.25) is 14.7 Å². The first kappa shape index (κ1) is 35.4. The highest BCUT2D eigenvalue weighted by Gasteiger charge is 2.42. The SMILES string of the molecule is COc1nc(-c2cccc(-c3cccc(NC(=O)c4cc(C)c5c(n4)CNCC5)c3Cl)c2Cl)cnc1CN1CC(O[Si](C)(C)C(C)(C)C)C1. The average molecular weight is 720 g/mol. The second-order valence-corrected chi connectivity index (χ2v) is 19.9. The van der Waals surface area contributed by atoms with Gasteiger partial charge in [0.2, 0.25) is 5.88 Å². The number of aromatic nitrogens is 3. The fourth-order valence-electron chi connectivity index (χ4n) is 6.08. The van der Waals surface area contributed by atoms with Crippen LogP contribution in [-0.4, -0.2) is 66.9 Å². The van der Waals surface area contributed by atoms with Crippen molar-refractivity contribution < 1.29 is 14.0 Å². The van der Waals surface area contributed by atoms with Gasteiger partial charge in [-0.1, -0.05) is 74.3 Å². The molecule has 0 spiro atoms. The van der Waals surface area contributed by atoms with Crippen LogP contribution >= 0.6 is 23.2 Å². The number of rotatable bonds is 9. The lowest BCUT2D eigenvalue weighted by Gasteiger charge is -2.46. The van der Waals surface area contributed by atoms with Gasteiger partial charge in [-0.05, 0) is 61.3 Å². The summed E-state index contributed by atoms with van der Waals surface area (Å²) in [5, 5.41) is 7.29. The molecule has 0 aliphatic carbocycles. The summed E-state index contributed by atoms with van der Waals surface area (Å²) in [5.74, 6) is 0.131. The van der Waals surface area contributed by atoms with E-state index < -0.39 is 8.32 Å². The Balaban J connectivity index is 1.19. The molecule has 2 N–H and O–H groups in total. The number of amides is 1. The van der Waals surface area contributed by atoms with Gasteiger partial charge < -0.3 is 19.8 Å². The number of fused-ring (bicyclic) bond motifs is 1. The summed E-state index contributed by atoms with van der Waals surface area (Å²) in [7, 11) is -0.211. The van der Waals surface area contributed by atoms with E-state index in [0.717, 1.165) is 43.0 Å². The first-order chi connectivity index (χ1) is 23.3. The number of halogens is 2. The molecule has 2 aromatic heterocycles. The topological polar surface area (TPSA) is 102 Å². The number of carbonyl (C=O) groups excluding carboxylic acids is 1. The zero-order chi connectivity index (χ0) is 35.1. The number of hydrogen-bond donors (Lipinski definition) is 2. The summed E-state index contributed by atoms with van der Waals surface area (Å²) in [4.78, 5) is 29.8. The number of aryl methyl sites for hydroxylation is 1. The van der Waals surface area contributed by atoms with Gasteiger partial charge in [0.1, 0.15) is 11.4 Å². The molecule has 4 aromatic rings. The van der Waals surface area contributed by atoms with Crippen LogP contribution in [0.15, 0.2) is 48.7 Å². The molecular weight excluding hydrogens is 675 g/mol. The number of hydrogen-bond acceptors (Lipinski definition) is 8. The third kappa shape index (κ3) is 7.40. The Labute approximate surface area is 299 Å². The number of pyridine rings is 1. The first-order valence-electron chi connectivity index (χ1n) is 16.6. The fourth-order valence-corrected chi connectivity index (χ4v) is 8.02. The van der Waals surface area contributed by atoms with Gasteiger partial charge in [0, 0.05) is 42.9 Å². The molecule has 0 bridgehead atoms. The molecule has 1 amide bonds. The molecule has 1 fully saturated rings. The monoisotopic (exact) mass is 718 g/mol. The molecule has 12 heteroatoms. The maximum atomic E-state index is 13.3. The molecule has 1 saturated heterocycles. The van der Waals surface area contributed by atoms with Crippen LogP contribution in [0.4, 0.5) is 5.69 Å². The molecule has 0 atom stereocenters. The van der Waals surface area contributed by atoms with E-state index in [1.54, 1.807) is 19.4 Å². The summed E-state index contributed by atoms with van der Waals surface area (Å²) >= 11 is 14.0. The van der Waals surface area contributed by atoms with Crippen LogP contribution in [-0.2, 0) is 23.9 Å². The van der Waals surface area contributed by atoms with E-state index in [4.69, 9.17) is 42.3 Å². The van der Waals surface area contributed by atoms with E-state index in [1.165, 1.54) is 5.56 Å². The second kappa shape index (κ2) is 14.1. The number of nitrogens with zero attached hydrogens (tertiary/aromatic N) is 4. The lowest BCUT2D eigenvalue weighted by molar-refractivity contribution is 0.00441. The molecule has 0 radical (unpaired) electrons. The van der Waals surface area contributed by atoms with Crippen LogP contribution in [0, 0.1) is 6.92 Å². The maximum absolute atomic E-state index is 13.3. The van der Waals surface area contributed by atoms with Gasteiger partial charge in [-0.2, -0.15) is 0 Å². The van der Waals surface area contributed by atoms with E-state index in [0.29, 0.717) is 62.8 Å². The Hall–Kier alpha value is -3.38. The highest BCUT2D eigenvalue weighted by Crippen LogP contribution is 2.42. The van der Waals surface area contributed by atoms with Crippen molar-refractivity contribution in [2.75, 3.05) is 32.1 Å². The molecule has 0 unspecified atom stereocenters. The van der Waals surface area contributed by atoms with E-state index in [9.17, 15) is 4.79 Å². The standard InChI is InChI=1S/C37H44Cl2N6O3Si/c1-22-16-29(42-30-17-40-15-14-24(22)30)35(46)43-28-13-9-11-26(34(28)39)25-10-8-12-27(33(25)38)31-18-41-32(36(44-31)47-5)21-45-19-23(20-45)48-49(6,7)37(2,3)4/h8-13,16,18,23,40H,14-15,17,19-21H2,1-7H3,(H,43,46). The van der Waals surface area contributed by atoms with Gasteiger partial charge >= 0.3 is 0 Å². The Bertz CT molecular complexity index is 1890. The minimum atomic E-state index is -1.81. The van der Waals surface area contributed by atoms with Crippen molar-refractivity contribution in [3.05, 3.63) is 86.9 Å². The summed E-state index contributed by atoms with van der Waals surface area (Å²) in [6.45, 7) is 17.3. The fraction of sp³-hybridized carbons (Fsp3) is 0.405. The molecule has 2 aliphatic heterocycles. The Morgan fingerprint density at radius 2 is 1.76 bits per heavy atom. The largest absolute Gasteiger partial charge is 0.480 e. The van der Waals surface area contributed by atoms with E-state index >= 15 is 0 Å². The number of methoxy groups -OCH3 is 1. The van der Waals surface area contributed by atoms with Gasteiger partial charge in [-0.25, -0.2) is 9.97 Å². The quantitative estimate of drug-likeness (QED) is 0.168. The summed E-state index contributed by atoms with van der Waals surface area (Å²) in [6, 6.07) is 13.0. The van der Waals surface area contributed by atoms with Crippen molar-refractivity contribution in [3.8, 4) is 28.3 Å². The highest BCUT2D eigenvalue weighted by atomic mass is 35.5. The number of carbonyl (C=O) groups is 1. The molecule has 9 nitrogen and oxygen atoms in total. The van der Waals surface area contributed by atoms with Crippen molar-refractivity contribution in [2.24, 2.45) is 0 Å². The number of anilines is 1. The Kier molecular flexibility index (Phi) is 10.2. The third-order valence-electron chi connectivity index (χ3n) is 9.89. The lowest BCUT2D eigenvalue weighted by atomic mass is 10.00. The van der Waals surface area contributed by atoms with Crippen molar-refractivity contribution in [3.63, 3.8) is 0 Å². The van der Waals surface area contributed by atoms with Crippen LogP contribution in [0.5, 0.6) is 5.88 Å². The third-order valence-corrected chi connectivity index (χ3v) is 15.2. The Morgan fingerprint density at radius 1 is 1.06 bits per heavy atom. The Morgan fingerprint density at radius 3 is 2.47 bits per heavy atom. The van der Waals surface area contributed by atoms with Crippen molar-refractivity contribution in [2.45, 2.75) is 71.4 Å². The van der Waals surface area contributed by atoms with Gasteiger partial charge in [0.15, 0.2) is 8.32 Å². The average Bonchev–Trinajstić information content (AvgIpc) is 3.04. The zero-order valence-electron chi connectivity index (χ0n) is 29.2. The molecule has 2 aromatic carbocycles. The van der Waals surface area contributed by atoms with Crippen LogP contribution in [0.2, 0.25) is 28.2 Å². The van der Waals surface area contributed by atoms with Crippen LogP contribution in [0.3, 0.4) is 0 Å². The van der Waals surface area contributed by atoms with Crippen molar-refractivity contribution in [1.82, 2.24) is 25.2 Å². The minimum absolute atomic E-state index is 0.178. The second-order valence-electron chi connectivity index (χ2n) is 14.4. The zero-order valence-corrected chi connectivity index (χ0v) is 31.7. The molecule has 2 aliphatic rings. The predicted octanol–water partition coefficient (Wildman–Crippen LogP) is 7.93. The van der Waals surface area contributed by atoms with Crippen LogP contribution in [0.25, 0.3) is 22.4 Å². The van der Waals surface area contributed by atoms with E-state index in [-0.39, 0.29) is 17.0 Å². The van der Waals surface area contributed by atoms with Gasteiger partial charge in [-0.15, -0.1) is 0 Å². The van der Waals surface area contributed by atoms with Gasteiger partial charge in [0.05, 0.1) is 46.5 Å². The maximum Gasteiger partial charge on any atom is 0.274 e. The highest BCUT2D eigenvalue weighted by molar-refractivity contribution is 6.74. The molecule has 258 valence electrons. The number of nitrogens with one attached hydrogen (secondary N) is 2. The predicted molar refractivity (Wildman–Crippen MR) is 199 cm³/mol. The van der Waals surface area contributed by atoms with Crippen LogP contribution < -0.4 is 15.4 Å². The lowest BCUT2D eigenvalue weighted by Crippen LogP contribution is -2.57. The smallest absolute Gasteiger partial charge is 0.274 e. The summed E-state index contributed by atoms with van der Waals surface area (Å²) in [5.41, 5.74) is 7.41. The number of likely N-dealkylation sites (tertiary alicyclic amines) is 1. The normalized spacial score (nSPS) is 15.4. The molecule has 49 heavy (non-hydrogen) atoms. The minimum Gasteiger partial charge on any atom is -0.480 e. The van der Waals surface area contributed by atoms with Gasteiger partial charge in [0.25, 0.3) is 5.91 Å². The molecule has 6 rings (SSSR count). The first-order valence-corrected chi connectivity index (χ1v) is 20.3.